The Morgan fingerprint density at radius 2 is 1.65 bits per heavy atom. The van der Waals surface area contributed by atoms with Gasteiger partial charge in [0.15, 0.2) is 5.78 Å². The number of fused-ring (bicyclic) bond motifs is 4. The zero-order chi connectivity index (χ0) is 25.4. The second kappa shape index (κ2) is 10.2. The summed E-state index contributed by atoms with van der Waals surface area (Å²) >= 11 is 3.55. The molecule has 1 N–H and O–H groups in total. The highest BCUT2D eigenvalue weighted by Gasteiger charge is 2.38. The fraction of sp³-hybridized carbons (Fsp3) is 0.242. The normalized spacial score (nSPS) is 18.8. The van der Waals surface area contributed by atoms with Gasteiger partial charge in [-0.05, 0) is 76.6 Å². The highest BCUT2D eigenvalue weighted by atomic mass is 79.9. The maximum absolute atomic E-state index is 13.9. The van der Waals surface area contributed by atoms with Crippen molar-refractivity contribution in [2.75, 3.05) is 11.9 Å². The number of carbonyl (C=O) groups is 1. The summed E-state index contributed by atoms with van der Waals surface area (Å²) in [4.78, 5) is 13.9. The van der Waals surface area contributed by atoms with Crippen LogP contribution in [0.3, 0.4) is 0 Å². The number of allylic oxidation sites excluding steroid dienone is 1. The van der Waals surface area contributed by atoms with Crippen molar-refractivity contribution in [2.45, 2.75) is 44.6 Å². The number of halogens is 1. The molecule has 0 bridgehead atoms. The molecule has 0 spiro atoms. The highest BCUT2D eigenvalue weighted by molar-refractivity contribution is 9.10. The molecule has 4 heteroatoms. The molecule has 1 heterocycles. The third kappa shape index (κ3) is 4.59. The van der Waals surface area contributed by atoms with E-state index in [1.54, 1.807) is 0 Å². The van der Waals surface area contributed by atoms with Gasteiger partial charge in [-0.15, -0.1) is 0 Å². The van der Waals surface area contributed by atoms with Gasteiger partial charge in [0, 0.05) is 27.7 Å². The van der Waals surface area contributed by atoms with E-state index in [0.717, 1.165) is 52.9 Å². The molecule has 0 amide bonds. The summed E-state index contributed by atoms with van der Waals surface area (Å²) in [5.74, 6) is 1.27. The van der Waals surface area contributed by atoms with Crippen molar-refractivity contribution in [3.63, 3.8) is 0 Å². The van der Waals surface area contributed by atoms with Crippen molar-refractivity contribution in [2.24, 2.45) is 0 Å². The molecule has 4 aromatic rings. The quantitative estimate of drug-likeness (QED) is 0.243. The number of ether oxygens (including phenoxy) is 1. The zero-order valence-corrected chi connectivity index (χ0v) is 22.6. The van der Waals surface area contributed by atoms with Gasteiger partial charge in [0.25, 0.3) is 0 Å². The molecule has 0 aromatic heterocycles. The molecule has 0 saturated heterocycles. The van der Waals surface area contributed by atoms with Crippen molar-refractivity contribution in [1.29, 1.82) is 0 Å². The van der Waals surface area contributed by atoms with Crippen LogP contribution in [0.4, 0.5) is 5.69 Å². The molecule has 2 aliphatic rings. The van der Waals surface area contributed by atoms with E-state index in [-0.39, 0.29) is 17.7 Å². The summed E-state index contributed by atoms with van der Waals surface area (Å²) in [6.07, 6.45) is 3.53. The Bertz CT molecular complexity index is 1490. The Hall–Kier alpha value is -3.37. The second-order valence-corrected chi connectivity index (χ2v) is 10.9. The van der Waals surface area contributed by atoms with Crippen LogP contribution in [-0.2, 0) is 4.79 Å². The minimum atomic E-state index is -0.153. The van der Waals surface area contributed by atoms with Crippen molar-refractivity contribution >= 4 is 43.7 Å². The van der Waals surface area contributed by atoms with Crippen LogP contribution in [0.5, 0.6) is 5.75 Å². The van der Waals surface area contributed by atoms with Crippen molar-refractivity contribution in [1.82, 2.24) is 0 Å². The molecular formula is C33H30BrNO2. The first-order valence-electron chi connectivity index (χ1n) is 13.2. The first kappa shape index (κ1) is 24.0. The minimum Gasteiger partial charge on any atom is -0.494 e. The lowest BCUT2D eigenvalue weighted by Crippen LogP contribution is -2.29. The second-order valence-electron chi connectivity index (χ2n) is 10.0. The summed E-state index contributed by atoms with van der Waals surface area (Å²) in [5.41, 5.74) is 6.68. The number of ketones is 1. The Balaban J connectivity index is 1.43. The minimum absolute atomic E-state index is 0.145. The predicted molar refractivity (Wildman–Crippen MR) is 155 cm³/mol. The average Bonchev–Trinajstić information content (AvgIpc) is 2.93. The molecule has 186 valence electrons. The number of hydrogen-bond acceptors (Lipinski definition) is 3. The first-order chi connectivity index (χ1) is 18.1. The number of benzene rings is 4. The van der Waals surface area contributed by atoms with Gasteiger partial charge in [-0.1, -0.05) is 83.9 Å². The van der Waals surface area contributed by atoms with E-state index in [2.05, 4.69) is 101 Å². The average molecular weight is 553 g/mol. The van der Waals surface area contributed by atoms with Crippen LogP contribution in [0.15, 0.2) is 95.0 Å². The first-order valence-corrected chi connectivity index (χ1v) is 13.9. The Morgan fingerprint density at radius 3 is 2.43 bits per heavy atom. The zero-order valence-electron chi connectivity index (χ0n) is 21.0. The lowest BCUT2D eigenvalue weighted by Gasteiger charge is -2.37. The molecule has 0 saturated carbocycles. The van der Waals surface area contributed by atoms with Gasteiger partial charge >= 0.3 is 0 Å². The van der Waals surface area contributed by atoms with Gasteiger partial charge in [-0.3, -0.25) is 4.79 Å². The van der Waals surface area contributed by atoms with Crippen molar-refractivity contribution in [3.8, 4) is 5.75 Å². The molecular weight excluding hydrogens is 522 g/mol. The third-order valence-electron chi connectivity index (χ3n) is 7.65. The molecule has 0 fully saturated rings. The number of carbonyl (C=O) groups excluding carboxylic acids is 1. The standard InChI is InChI=1S/C33H30BrNO2/c1-2-3-18-37-26-15-10-21(11-16-26)24-19-28-31-27-7-5-4-6-22(27)12-17-29(31)35-33(32(28)30(36)20-24)23-8-13-25(34)14-9-23/h4-17,24,33,35H,2-3,18-20H2,1H3/t24-,33-/m1/s1. The summed E-state index contributed by atoms with van der Waals surface area (Å²) in [5, 5.41) is 6.12. The molecule has 1 aliphatic heterocycles. The van der Waals surface area contributed by atoms with E-state index in [0.29, 0.717) is 6.42 Å². The number of anilines is 1. The number of nitrogens with one attached hydrogen (secondary N) is 1. The van der Waals surface area contributed by atoms with E-state index in [9.17, 15) is 4.79 Å². The molecule has 1 aliphatic carbocycles. The number of hydrogen-bond donors (Lipinski definition) is 1. The lowest BCUT2D eigenvalue weighted by atomic mass is 9.71. The number of unbranched alkanes of at least 4 members (excludes halogenated alkanes) is 1. The van der Waals surface area contributed by atoms with Gasteiger partial charge in [0.05, 0.1) is 12.6 Å². The smallest absolute Gasteiger partial charge is 0.162 e. The van der Waals surface area contributed by atoms with E-state index in [1.165, 1.54) is 27.5 Å². The number of rotatable bonds is 6. The van der Waals surface area contributed by atoms with Crippen LogP contribution in [-0.4, -0.2) is 12.4 Å². The lowest BCUT2D eigenvalue weighted by molar-refractivity contribution is -0.116. The Labute approximate surface area is 226 Å². The van der Waals surface area contributed by atoms with Crippen molar-refractivity contribution < 1.29 is 9.53 Å². The summed E-state index contributed by atoms with van der Waals surface area (Å²) in [6.45, 7) is 2.90. The highest BCUT2D eigenvalue weighted by Crippen LogP contribution is 2.51. The largest absolute Gasteiger partial charge is 0.494 e. The van der Waals surface area contributed by atoms with Gasteiger partial charge < -0.3 is 10.1 Å². The van der Waals surface area contributed by atoms with Crippen LogP contribution in [0, 0.1) is 0 Å². The van der Waals surface area contributed by atoms with E-state index >= 15 is 0 Å². The van der Waals surface area contributed by atoms with Crippen LogP contribution in [0.1, 0.15) is 61.3 Å². The maximum atomic E-state index is 13.9. The summed E-state index contributed by atoms with van der Waals surface area (Å²) in [7, 11) is 0. The molecule has 0 radical (unpaired) electrons. The van der Waals surface area contributed by atoms with Gasteiger partial charge in [0.2, 0.25) is 0 Å². The summed E-state index contributed by atoms with van der Waals surface area (Å²) < 4.78 is 6.91. The number of Topliss-reactive ketones (excluding diaryl/α,β-unsaturated/α-hetero) is 1. The van der Waals surface area contributed by atoms with Crippen molar-refractivity contribution in [3.05, 3.63) is 112 Å². The fourth-order valence-electron chi connectivity index (χ4n) is 5.76. The third-order valence-corrected chi connectivity index (χ3v) is 8.18. The predicted octanol–water partition coefficient (Wildman–Crippen LogP) is 8.85. The van der Waals surface area contributed by atoms with Crippen LogP contribution < -0.4 is 10.1 Å². The van der Waals surface area contributed by atoms with Crippen LogP contribution >= 0.6 is 15.9 Å². The molecule has 37 heavy (non-hydrogen) atoms. The maximum Gasteiger partial charge on any atom is 0.162 e. The SMILES string of the molecule is CCCCOc1ccc([C@H]2CC(=O)C3=C(C2)c2c(ccc4ccccc24)N[C@@H]3c2ccc(Br)cc2)cc1. The van der Waals surface area contributed by atoms with Gasteiger partial charge in [-0.2, -0.15) is 0 Å². The Morgan fingerprint density at radius 1 is 0.892 bits per heavy atom. The van der Waals surface area contributed by atoms with E-state index in [4.69, 9.17) is 4.74 Å². The van der Waals surface area contributed by atoms with Gasteiger partial charge in [0.1, 0.15) is 5.75 Å². The molecule has 6 rings (SSSR count). The monoisotopic (exact) mass is 551 g/mol. The van der Waals surface area contributed by atoms with Gasteiger partial charge in [-0.25, -0.2) is 0 Å². The molecule has 4 aromatic carbocycles. The van der Waals surface area contributed by atoms with Crippen LogP contribution in [0.25, 0.3) is 16.3 Å². The molecule has 0 unspecified atom stereocenters. The topological polar surface area (TPSA) is 38.3 Å². The van der Waals surface area contributed by atoms with E-state index < -0.39 is 0 Å². The summed E-state index contributed by atoms with van der Waals surface area (Å²) in [6, 6.07) is 29.4. The fourth-order valence-corrected chi connectivity index (χ4v) is 6.02. The molecule has 2 atom stereocenters. The van der Waals surface area contributed by atoms with Crippen LogP contribution in [0.2, 0.25) is 0 Å². The molecule has 3 nitrogen and oxygen atoms in total. The van der Waals surface area contributed by atoms with E-state index in [1.807, 2.05) is 12.1 Å². The Kier molecular flexibility index (Phi) is 6.60.